The van der Waals surface area contributed by atoms with E-state index in [4.69, 9.17) is 4.74 Å². The number of amides is 1. The van der Waals surface area contributed by atoms with E-state index in [0.29, 0.717) is 6.61 Å². The number of benzene rings is 1. The summed E-state index contributed by atoms with van der Waals surface area (Å²) in [6.07, 6.45) is -0.324. The second kappa shape index (κ2) is 3.24. The molecule has 1 aromatic heterocycles. The highest BCUT2D eigenvalue weighted by atomic mass is 32.1. The van der Waals surface area contributed by atoms with E-state index in [1.54, 1.807) is 11.3 Å². The van der Waals surface area contributed by atoms with Crippen molar-refractivity contribution in [3.8, 4) is 0 Å². The Kier molecular flexibility index (Phi) is 1.89. The lowest BCUT2D eigenvalue weighted by atomic mass is 10.1. The largest absolute Gasteiger partial charge is 0.447 e. The minimum atomic E-state index is -0.324. The number of carbonyl (C=O) groups excluding carboxylic acids is 1. The maximum absolute atomic E-state index is 11.0. The van der Waals surface area contributed by atoms with E-state index in [-0.39, 0.29) is 12.1 Å². The number of nitrogens with one attached hydrogen (secondary N) is 1. The predicted molar refractivity (Wildman–Crippen MR) is 59.0 cm³/mol. The lowest BCUT2D eigenvalue weighted by Gasteiger charge is -2.04. The summed E-state index contributed by atoms with van der Waals surface area (Å²) in [7, 11) is 0. The lowest BCUT2D eigenvalue weighted by Crippen LogP contribution is -2.17. The highest BCUT2D eigenvalue weighted by Gasteiger charge is 2.25. The summed E-state index contributed by atoms with van der Waals surface area (Å²) in [5, 5.41) is 6.09. The first-order chi connectivity index (χ1) is 7.34. The van der Waals surface area contributed by atoms with Gasteiger partial charge in [-0.15, -0.1) is 11.3 Å². The monoisotopic (exact) mass is 219 g/mol. The molecule has 0 radical (unpaired) electrons. The van der Waals surface area contributed by atoms with Gasteiger partial charge in [-0.3, -0.25) is 0 Å². The zero-order valence-electron chi connectivity index (χ0n) is 7.90. The number of hydrogen-bond acceptors (Lipinski definition) is 3. The van der Waals surface area contributed by atoms with Crippen molar-refractivity contribution in [2.24, 2.45) is 0 Å². The fourth-order valence-electron chi connectivity index (χ4n) is 1.82. The van der Waals surface area contributed by atoms with Gasteiger partial charge in [0.1, 0.15) is 6.61 Å². The van der Waals surface area contributed by atoms with Crippen LogP contribution in [-0.2, 0) is 4.74 Å². The number of ether oxygens (including phenoxy) is 1. The van der Waals surface area contributed by atoms with Crippen LogP contribution in [0.4, 0.5) is 4.79 Å². The third kappa shape index (κ3) is 1.37. The van der Waals surface area contributed by atoms with E-state index in [1.165, 1.54) is 10.1 Å². The highest BCUT2D eigenvalue weighted by molar-refractivity contribution is 7.17. The predicted octanol–water partition coefficient (Wildman–Crippen LogP) is 2.68. The Morgan fingerprint density at radius 2 is 2.27 bits per heavy atom. The first-order valence-electron chi connectivity index (χ1n) is 4.74. The van der Waals surface area contributed by atoms with Crippen molar-refractivity contribution >= 4 is 27.5 Å². The summed E-state index contributed by atoms with van der Waals surface area (Å²) in [5.41, 5.74) is 1.15. The molecule has 0 spiro atoms. The van der Waals surface area contributed by atoms with E-state index in [1.807, 2.05) is 12.1 Å². The molecule has 0 saturated carbocycles. The Labute approximate surface area is 90.7 Å². The van der Waals surface area contributed by atoms with E-state index in [9.17, 15) is 4.79 Å². The number of alkyl carbamates (subject to hydrolysis) is 1. The van der Waals surface area contributed by atoms with Crippen LogP contribution in [0.1, 0.15) is 11.6 Å². The smallest absolute Gasteiger partial charge is 0.407 e. The zero-order valence-corrected chi connectivity index (χ0v) is 8.71. The van der Waals surface area contributed by atoms with Crippen molar-refractivity contribution in [2.75, 3.05) is 6.61 Å². The molecule has 0 bridgehead atoms. The van der Waals surface area contributed by atoms with Crippen LogP contribution in [0, 0.1) is 0 Å². The fraction of sp³-hybridized carbons (Fsp3) is 0.182. The van der Waals surface area contributed by atoms with Crippen LogP contribution in [0.15, 0.2) is 29.6 Å². The Balaban J connectivity index is 2.07. The van der Waals surface area contributed by atoms with Gasteiger partial charge in [0.15, 0.2) is 0 Å². The number of hydrogen-bond donors (Lipinski definition) is 1. The second-order valence-corrected chi connectivity index (χ2v) is 4.39. The molecule has 4 heteroatoms. The average molecular weight is 219 g/mol. The molecule has 1 saturated heterocycles. The van der Waals surface area contributed by atoms with Crippen molar-refractivity contribution in [2.45, 2.75) is 6.04 Å². The Morgan fingerprint density at radius 3 is 3.07 bits per heavy atom. The maximum atomic E-state index is 11.0. The molecule has 1 atom stereocenters. The van der Waals surface area contributed by atoms with Crippen LogP contribution in [0.5, 0.6) is 0 Å². The number of carbonyl (C=O) groups is 1. The SMILES string of the molecule is O=C1N[C@H](c2csc3ccccc23)CO1. The van der Waals surface area contributed by atoms with E-state index < -0.39 is 0 Å². The third-order valence-corrected chi connectivity index (χ3v) is 3.54. The Morgan fingerprint density at radius 1 is 1.40 bits per heavy atom. The van der Waals surface area contributed by atoms with Gasteiger partial charge in [0, 0.05) is 4.70 Å². The normalized spacial score (nSPS) is 20.3. The molecule has 76 valence electrons. The van der Waals surface area contributed by atoms with Gasteiger partial charge in [0.05, 0.1) is 6.04 Å². The van der Waals surface area contributed by atoms with Crippen LogP contribution < -0.4 is 5.32 Å². The fourth-order valence-corrected chi connectivity index (χ4v) is 2.84. The molecule has 15 heavy (non-hydrogen) atoms. The molecule has 0 unspecified atom stereocenters. The molecule has 2 heterocycles. The average Bonchev–Trinajstić information content (AvgIpc) is 2.83. The van der Waals surface area contributed by atoms with Crippen molar-refractivity contribution in [3.05, 3.63) is 35.2 Å². The molecular weight excluding hydrogens is 210 g/mol. The van der Waals surface area contributed by atoms with E-state index in [0.717, 1.165) is 5.56 Å². The molecule has 1 amide bonds. The Bertz CT molecular complexity index is 520. The summed E-state index contributed by atoms with van der Waals surface area (Å²) >= 11 is 1.70. The van der Waals surface area contributed by atoms with Crippen LogP contribution in [0.2, 0.25) is 0 Å². The topological polar surface area (TPSA) is 38.3 Å². The molecule has 1 aliphatic rings. The number of fused-ring (bicyclic) bond motifs is 1. The summed E-state index contributed by atoms with van der Waals surface area (Å²) in [4.78, 5) is 11.0. The van der Waals surface area contributed by atoms with Crippen LogP contribution in [0.3, 0.4) is 0 Å². The minimum Gasteiger partial charge on any atom is -0.447 e. The van der Waals surface area contributed by atoms with Gasteiger partial charge in [-0.25, -0.2) is 4.79 Å². The molecule has 1 fully saturated rings. The molecule has 1 aromatic carbocycles. The molecule has 3 nitrogen and oxygen atoms in total. The van der Waals surface area contributed by atoms with Gasteiger partial charge in [-0.2, -0.15) is 0 Å². The van der Waals surface area contributed by atoms with E-state index >= 15 is 0 Å². The molecule has 0 aliphatic carbocycles. The second-order valence-electron chi connectivity index (χ2n) is 3.48. The minimum absolute atomic E-state index is 0.00801. The zero-order chi connectivity index (χ0) is 10.3. The van der Waals surface area contributed by atoms with Gasteiger partial charge in [-0.05, 0) is 22.4 Å². The quantitative estimate of drug-likeness (QED) is 0.800. The van der Waals surface area contributed by atoms with Crippen LogP contribution in [-0.4, -0.2) is 12.7 Å². The molecule has 2 aromatic rings. The molecule has 3 rings (SSSR count). The van der Waals surface area contributed by atoms with Gasteiger partial charge in [0.2, 0.25) is 0 Å². The highest BCUT2D eigenvalue weighted by Crippen LogP contribution is 2.31. The first-order valence-corrected chi connectivity index (χ1v) is 5.62. The van der Waals surface area contributed by atoms with Gasteiger partial charge < -0.3 is 10.1 Å². The molecule has 1 N–H and O–H groups in total. The number of rotatable bonds is 1. The molecular formula is C11H9NO2S. The van der Waals surface area contributed by atoms with Crippen LogP contribution >= 0.6 is 11.3 Å². The summed E-state index contributed by atoms with van der Waals surface area (Å²) < 4.78 is 6.14. The Hall–Kier alpha value is -1.55. The van der Waals surface area contributed by atoms with Crippen LogP contribution in [0.25, 0.3) is 10.1 Å². The van der Waals surface area contributed by atoms with Gasteiger partial charge in [-0.1, -0.05) is 18.2 Å². The first kappa shape index (κ1) is 8.73. The standard InChI is InChI=1S/C11H9NO2S/c13-11-12-9(5-14-11)8-6-15-10-4-2-1-3-7(8)10/h1-4,6,9H,5H2,(H,12,13)/t9-/m0/s1. The molecule has 1 aliphatic heterocycles. The lowest BCUT2D eigenvalue weighted by molar-refractivity contribution is 0.177. The van der Waals surface area contributed by atoms with Gasteiger partial charge in [0.25, 0.3) is 0 Å². The van der Waals surface area contributed by atoms with Crippen molar-refractivity contribution in [1.29, 1.82) is 0 Å². The van der Waals surface area contributed by atoms with Crippen molar-refractivity contribution < 1.29 is 9.53 Å². The summed E-state index contributed by atoms with van der Waals surface area (Å²) in [5.74, 6) is 0. The van der Waals surface area contributed by atoms with E-state index in [2.05, 4.69) is 22.8 Å². The third-order valence-electron chi connectivity index (χ3n) is 2.56. The van der Waals surface area contributed by atoms with Crippen molar-refractivity contribution in [3.63, 3.8) is 0 Å². The summed E-state index contributed by atoms with van der Waals surface area (Å²) in [6, 6.07) is 8.20. The number of cyclic esters (lactones) is 1. The maximum Gasteiger partial charge on any atom is 0.407 e. The van der Waals surface area contributed by atoms with Gasteiger partial charge >= 0.3 is 6.09 Å². The van der Waals surface area contributed by atoms with Crippen molar-refractivity contribution in [1.82, 2.24) is 5.32 Å². The number of thiophene rings is 1. The summed E-state index contributed by atoms with van der Waals surface area (Å²) in [6.45, 7) is 0.430.